The van der Waals surface area contributed by atoms with Gasteiger partial charge in [0.25, 0.3) is 0 Å². The smallest absolute Gasteiger partial charge is 0.233 e. The van der Waals surface area contributed by atoms with Gasteiger partial charge >= 0.3 is 0 Å². The summed E-state index contributed by atoms with van der Waals surface area (Å²) in [5, 5.41) is 3.00. The lowest BCUT2D eigenvalue weighted by molar-refractivity contribution is -0.144. The van der Waals surface area contributed by atoms with Crippen LogP contribution in [-0.2, 0) is 14.4 Å². The molecule has 6 heteroatoms. The van der Waals surface area contributed by atoms with E-state index in [0.717, 1.165) is 11.4 Å². The van der Waals surface area contributed by atoms with Crippen LogP contribution in [0.5, 0.6) is 5.75 Å². The molecule has 3 amide bonds. The van der Waals surface area contributed by atoms with Crippen LogP contribution in [0, 0.1) is 41.4 Å². The zero-order valence-corrected chi connectivity index (χ0v) is 18.4. The van der Waals surface area contributed by atoms with Gasteiger partial charge in [0.05, 0.1) is 18.4 Å². The summed E-state index contributed by atoms with van der Waals surface area (Å²) in [5.41, 5.74) is 0.760. The first-order chi connectivity index (χ1) is 15.6. The van der Waals surface area contributed by atoms with E-state index in [4.69, 9.17) is 4.74 Å². The maximum absolute atomic E-state index is 13.3. The number of likely N-dealkylation sites (tertiary alicyclic amines) is 1. The third kappa shape index (κ3) is 3.02. The summed E-state index contributed by atoms with van der Waals surface area (Å²) < 4.78 is 5.44. The number of amides is 3. The predicted octanol–water partition coefficient (Wildman–Crippen LogP) is 3.64. The fourth-order valence-corrected chi connectivity index (χ4v) is 6.98. The van der Waals surface area contributed by atoms with Crippen LogP contribution >= 0.6 is 0 Å². The Kier molecular flexibility index (Phi) is 4.67. The highest BCUT2D eigenvalue weighted by Crippen LogP contribution is 2.65. The Morgan fingerprint density at radius 2 is 1.56 bits per heavy atom. The van der Waals surface area contributed by atoms with Crippen molar-refractivity contribution in [2.75, 3.05) is 11.9 Å². The Bertz CT molecular complexity index is 942. The van der Waals surface area contributed by atoms with Crippen molar-refractivity contribution in [3.8, 4) is 5.75 Å². The first kappa shape index (κ1) is 20.0. The van der Waals surface area contributed by atoms with Gasteiger partial charge in [0.2, 0.25) is 17.7 Å². The Labute approximate surface area is 188 Å². The number of carbonyl (C=O) groups excluding carboxylic acids is 3. The van der Waals surface area contributed by atoms with Gasteiger partial charge < -0.3 is 10.1 Å². The molecule has 1 N–H and O–H groups in total. The summed E-state index contributed by atoms with van der Waals surface area (Å²) in [6.07, 6.45) is 8.46. The van der Waals surface area contributed by atoms with E-state index in [-0.39, 0.29) is 53.4 Å². The summed E-state index contributed by atoms with van der Waals surface area (Å²) in [5.74, 6) is 2.40. The number of ether oxygens (including phenoxy) is 1. The lowest BCUT2D eigenvalue weighted by Crippen LogP contribution is -2.44. The Morgan fingerprint density at radius 1 is 0.969 bits per heavy atom. The second-order valence-corrected chi connectivity index (χ2v) is 10.2. The number of imide groups is 1. The van der Waals surface area contributed by atoms with Gasteiger partial charge in [0.1, 0.15) is 5.75 Å². The van der Waals surface area contributed by atoms with E-state index >= 15 is 0 Å². The minimum atomic E-state index is -0.123. The minimum absolute atomic E-state index is 0.0164. The third-order valence-corrected chi connectivity index (χ3v) is 8.56. The van der Waals surface area contributed by atoms with E-state index in [1.54, 1.807) is 4.90 Å². The van der Waals surface area contributed by atoms with Gasteiger partial charge in [-0.1, -0.05) is 12.2 Å². The van der Waals surface area contributed by atoms with Gasteiger partial charge in [-0.25, -0.2) is 0 Å². The quantitative estimate of drug-likeness (QED) is 0.567. The summed E-state index contributed by atoms with van der Waals surface area (Å²) in [6.45, 7) is 2.55. The SMILES string of the molecule is CCOc1ccc(NC(=O)C2CCC(N3C(=O)[C@@H]4[C@H]5C=C[C@H]([C@H]6C[C@H]56)[C@@H]4C3=O)CC2)cc1. The number of hydrogen-bond donors (Lipinski definition) is 1. The van der Waals surface area contributed by atoms with Gasteiger partial charge in [-0.15, -0.1) is 0 Å². The summed E-state index contributed by atoms with van der Waals surface area (Å²) in [7, 11) is 0. The first-order valence-electron chi connectivity index (χ1n) is 12.2. The van der Waals surface area contributed by atoms with Gasteiger partial charge in [-0.2, -0.15) is 0 Å². The third-order valence-electron chi connectivity index (χ3n) is 8.56. The van der Waals surface area contributed by atoms with Crippen molar-refractivity contribution >= 4 is 23.4 Å². The number of hydrogen-bond acceptors (Lipinski definition) is 4. The molecule has 3 saturated carbocycles. The van der Waals surface area contributed by atoms with Crippen molar-refractivity contribution < 1.29 is 19.1 Å². The summed E-state index contributed by atoms with van der Waals surface area (Å²) in [6, 6.07) is 7.36. The predicted molar refractivity (Wildman–Crippen MR) is 119 cm³/mol. The van der Waals surface area contributed by atoms with Crippen LogP contribution < -0.4 is 10.1 Å². The number of nitrogens with one attached hydrogen (secondary N) is 1. The van der Waals surface area contributed by atoms with E-state index in [9.17, 15) is 14.4 Å². The molecular formula is C26H30N2O4. The topological polar surface area (TPSA) is 75.7 Å². The molecule has 1 aromatic rings. The number of rotatable bonds is 5. The second-order valence-electron chi connectivity index (χ2n) is 10.2. The molecule has 1 aliphatic heterocycles. The molecule has 6 atom stereocenters. The zero-order chi connectivity index (χ0) is 22.0. The molecule has 32 heavy (non-hydrogen) atoms. The molecule has 0 unspecified atom stereocenters. The average molecular weight is 435 g/mol. The highest BCUT2D eigenvalue weighted by Gasteiger charge is 2.67. The van der Waals surface area contributed by atoms with Crippen LogP contribution in [0.3, 0.4) is 0 Å². The average Bonchev–Trinajstić information content (AvgIpc) is 3.59. The molecule has 6 aliphatic rings. The maximum Gasteiger partial charge on any atom is 0.233 e. The molecule has 5 aliphatic carbocycles. The molecule has 0 aromatic heterocycles. The number of anilines is 1. The van der Waals surface area contributed by atoms with E-state index in [1.807, 2.05) is 31.2 Å². The molecule has 1 heterocycles. The van der Waals surface area contributed by atoms with Gasteiger partial charge in [0, 0.05) is 17.6 Å². The fraction of sp³-hybridized carbons (Fsp3) is 0.577. The molecule has 2 bridgehead atoms. The van der Waals surface area contributed by atoms with Crippen molar-refractivity contribution in [3.05, 3.63) is 36.4 Å². The number of benzene rings is 1. The summed E-state index contributed by atoms with van der Waals surface area (Å²) in [4.78, 5) is 41.0. The standard InChI is InChI=1S/C26H30N2O4/c1-2-32-17-9-5-15(6-10-17)27-24(29)14-3-7-16(8-4-14)28-25(30)22-18-11-12-19(21-13-20(18)21)23(22)26(28)31/h5-6,9-12,14,16,18-23H,2-4,7-8,13H2,1H3,(H,27,29)/t14?,16?,18-,19+,20-,21-,22+,23-/m1/s1. The Hall–Kier alpha value is -2.63. The highest BCUT2D eigenvalue weighted by molar-refractivity contribution is 6.06. The lowest BCUT2D eigenvalue weighted by Gasteiger charge is -2.37. The van der Waals surface area contributed by atoms with Crippen molar-refractivity contribution in [1.82, 2.24) is 4.90 Å². The second kappa shape index (κ2) is 7.46. The van der Waals surface area contributed by atoms with E-state index in [2.05, 4.69) is 17.5 Å². The molecule has 7 rings (SSSR count). The fourth-order valence-electron chi connectivity index (χ4n) is 6.98. The van der Waals surface area contributed by atoms with Crippen molar-refractivity contribution in [2.45, 2.75) is 45.1 Å². The van der Waals surface area contributed by atoms with E-state index < -0.39 is 0 Å². The normalized spacial score (nSPS) is 39.0. The van der Waals surface area contributed by atoms with Crippen molar-refractivity contribution in [1.29, 1.82) is 0 Å². The van der Waals surface area contributed by atoms with E-state index in [1.165, 1.54) is 6.42 Å². The Balaban J connectivity index is 1.07. The van der Waals surface area contributed by atoms with Crippen LogP contribution in [0.2, 0.25) is 0 Å². The Morgan fingerprint density at radius 3 is 2.12 bits per heavy atom. The molecule has 1 aromatic carbocycles. The minimum Gasteiger partial charge on any atom is -0.494 e. The molecule has 168 valence electrons. The van der Waals surface area contributed by atoms with Crippen LogP contribution in [0.25, 0.3) is 0 Å². The van der Waals surface area contributed by atoms with Crippen LogP contribution in [0.15, 0.2) is 36.4 Å². The number of nitrogens with zero attached hydrogens (tertiary/aromatic N) is 1. The monoisotopic (exact) mass is 434 g/mol. The van der Waals surface area contributed by atoms with Gasteiger partial charge in [-0.3, -0.25) is 19.3 Å². The highest BCUT2D eigenvalue weighted by atomic mass is 16.5. The zero-order valence-electron chi connectivity index (χ0n) is 18.4. The van der Waals surface area contributed by atoms with Crippen molar-refractivity contribution in [3.63, 3.8) is 0 Å². The molecule has 0 radical (unpaired) electrons. The summed E-state index contributed by atoms with van der Waals surface area (Å²) >= 11 is 0. The molecule has 1 saturated heterocycles. The van der Waals surface area contributed by atoms with Crippen LogP contribution in [-0.4, -0.2) is 35.3 Å². The lowest BCUT2D eigenvalue weighted by atomic mass is 9.63. The maximum atomic E-state index is 13.3. The molecule has 4 fully saturated rings. The molecule has 0 spiro atoms. The van der Waals surface area contributed by atoms with Crippen molar-refractivity contribution in [2.24, 2.45) is 41.4 Å². The molecular weight excluding hydrogens is 404 g/mol. The first-order valence-corrected chi connectivity index (χ1v) is 12.2. The number of carbonyl (C=O) groups is 3. The molecule has 6 nitrogen and oxygen atoms in total. The van der Waals surface area contributed by atoms with Crippen LogP contribution in [0.1, 0.15) is 39.0 Å². The largest absolute Gasteiger partial charge is 0.494 e. The number of allylic oxidation sites excluding steroid dienone is 2. The van der Waals surface area contributed by atoms with Gasteiger partial charge in [0.15, 0.2) is 0 Å². The van der Waals surface area contributed by atoms with Gasteiger partial charge in [-0.05, 0) is 87.0 Å². The van der Waals surface area contributed by atoms with E-state index in [0.29, 0.717) is 44.1 Å². The van der Waals surface area contributed by atoms with Crippen LogP contribution in [0.4, 0.5) is 5.69 Å².